The molecule has 0 aliphatic carbocycles. The molecule has 1 heterocycles. The highest BCUT2D eigenvalue weighted by molar-refractivity contribution is 8.13. The third-order valence-corrected chi connectivity index (χ3v) is 5.27. The molecule has 7 nitrogen and oxygen atoms in total. The summed E-state index contributed by atoms with van der Waals surface area (Å²) in [7, 11) is -2.47. The van der Waals surface area contributed by atoms with Crippen LogP contribution in [0.4, 0.5) is 5.69 Å². The number of benzene rings is 1. The molecule has 0 saturated carbocycles. The van der Waals surface area contributed by atoms with E-state index in [-0.39, 0.29) is 15.6 Å². The molecule has 2 rings (SSSR count). The van der Waals surface area contributed by atoms with Crippen molar-refractivity contribution in [1.29, 1.82) is 0 Å². The molecule has 0 fully saturated rings. The van der Waals surface area contributed by atoms with Crippen LogP contribution in [0.25, 0.3) is 0 Å². The van der Waals surface area contributed by atoms with E-state index in [4.69, 9.17) is 10.7 Å². The lowest BCUT2D eigenvalue weighted by atomic mass is 10.3. The summed E-state index contributed by atoms with van der Waals surface area (Å²) in [4.78, 5) is 3.70. The van der Waals surface area contributed by atoms with Crippen molar-refractivity contribution in [3.05, 3.63) is 36.8 Å². The predicted molar refractivity (Wildman–Crippen MR) is 78.2 cm³/mol. The fraction of sp³-hybridized carbons (Fsp3) is 0.182. The van der Waals surface area contributed by atoms with Crippen molar-refractivity contribution in [1.82, 2.24) is 9.55 Å². The minimum absolute atomic E-state index is 0.109. The maximum Gasteiger partial charge on any atom is 0.280 e. The first-order chi connectivity index (χ1) is 9.72. The Hall–Kier alpha value is -1.58. The Bertz CT molecular complexity index is 842. The number of aryl methyl sites for hydroxylation is 1. The van der Waals surface area contributed by atoms with Gasteiger partial charge in [0.15, 0.2) is 5.03 Å². The van der Waals surface area contributed by atoms with Crippen molar-refractivity contribution in [2.24, 2.45) is 0 Å². The Kier molecular flexibility index (Phi) is 4.26. The van der Waals surface area contributed by atoms with E-state index in [1.165, 1.54) is 36.8 Å². The first kappa shape index (κ1) is 15.8. The summed E-state index contributed by atoms with van der Waals surface area (Å²) in [5.41, 5.74) is 0.213. The van der Waals surface area contributed by atoms with Crippen molar-refractivity contribution >= 4 is 35.4 Å². The third-order valence-electron chi connectivity index (χ3n) is 2.64. The lowest BCUT2D eigenvalue weighted by Crippen LogP contribution is -2.13. The van der Waals surface area contributed by atoms with Crippen molar-refractivity contribution in [2.45, 2.75) is 23.4 Å². The van der Waals surface area contributed by atoms with E-state index in [1.54, 1.807) is 4.57 Å². The van der Waals surface area contributed by atoms with E-state index in [0.717, 1.165) is 0 Å². The van der Waals surface area contributed by atoms with Crippen LogP contribution >= 0.6 is 10.7 Å². The highest BCUT2D eigenvalue weighted by Gasteiger charge is 2.18. The minimum atomic E-state index is -3.84. The number of imidazole rings is 1. The molecule has 1 N–H and O–H groups in total. The molecule has 0 spiro atoms. The van der Waals surface area contributed by atoms with Gasteiger partial charge in [-0.05, 0) is 31.2 Å². The zero-order valence-electron chi connectivity index (χ0n) is 10.9. The lowest BCUT2D eigenvalue weighted by Gasteiger charge is -2.06. The number of nitrogens with zero attached hydrogens (tertiary/aromatic N) is 2. The molecule has 0 saturated heterocycles. The smallest absolute Gasteiger partial charge is 0.280 e. The van der Waals surface area contributed by atoms with Gasteiger partial charge in [-0.1, -0.05) is 0 Å². The Morgan fingerprint density at radius 2 is 1.81 bits per heavy atom. The van der Waals surface area contributed by atoms with E-state index in [2.05, 4.69) is 9.71 Å². The van der Waals surface area contributed by atoms with Crippen LogP contribution in [0.15, 0.2) is 46.7 Å². The highest BCUT2D eigenvalue weighted by Crippen LogP contribution is 2.19. The van der Waals surface area contributed by atoms with Crippen molar-refractivity contribution in [2.75, 3.05) is 4.72 Å². The zero-order valence-corrected chi connectivity index (χ0v) is 13.3. The maximum absolute atomic E-state index is 12.1. The number of sulfonamides is 1. The van der Waals surface area contributed by atoms with Crippen molar-refractivity contribution in [3.8, 4) is 0 Å². The van der Waals surface area contributed by atoms with Gasteiger partial charge in [0.2, 0.25) is 0 Å². The van der Waals surface area contributed by atoms with E-state index >= 15 is 0 Å². The van der Waals surface area contributed by atoms with Crippen LogP contribution in [0.1, 0.15) is 6.92 Å². The fourth-order valence-electron chi connectivity index (χ4n) is 1.54. The first-order valence-electron chi connectivity index (χ1n) is 5.81. The van der Waals surface area contributed by atoms with Gasteiger partial charge in [0, 0.05) is 29.1 Å². The van der Waals surface area contributed by atoms with Gasteiger partial charge < -0.3 is 4.57 Å². The molecule has 0 amide bonds. The summed E-state index contributed by atoms with van der Waals surface area (Å²) in [6.45, 7) is 2.46. The van der Waals surface area contributed by atoms with Gasteiger partial charge in [0.1, 0.15) is 0 Å². The number of hydrogen-bond acceptors (Lipinski definition) is 5. The predicted octanol–water partition coefficient (Wildman–Crippen LogP) is 1.63. The normalized spacial score (nSPS) is 12.3. The van der Waals surface area contributed by atoms with Crippen molar-refractivity contribution in [3.63, 3.8) is 0 Å². The van der Waals surface area contributed by atoms with Gasteiger partial charge in [0.05, 0.1) is 11.2 Å². The molecular formula is C11H12ClN3O4S2. The Balaban J connectivity index is 2.24. The maximum atomic E-state index is 12.1. The molecular weight excluding hydrogens is 338 g/mol. The monoisotopic (exact) mass is 349 g/mol. The van der Waals surface area contributed by atoms with Gasteiger partial charge in [0.25, 0.3) is 19.1 Å². The van der Waals surface area contributed by atoms with Crippen LogP contribution in [0.2, 0.25) is 0 Å². The van der Waals surface area contributed by atoms with Gasteiger partial charge >= 0.3 is 0 Å². The number of halogens is 1. The second-order valence-corrected chi connectivity index (χ2v) is 8.31. The molecule has 0 aliphatic rings. The van der Waals surface area contributed by atoms with Crippen LogP contribution in [0.3, 0.4) is 0 Å². The first-order valence-corrected chi connectivity index (χ1v) is 9.61. The summed E-state index contributed by atoms with van der Waals surface area (Å²) < 4.78 is 50.3. The summed E-state index contributed by atoms with van der Waals surface area (Å²) in [5, 5.41) is -0.113. The average Bonchev–Trinajstić information content (AvgIpc) is 2.87. The summed E-state index contributed by atoms with van der Waals surface area (Å²) in [5.74, 6) is 0. The van der Waals surface area contributed by atoms with Crippen LogP contribution in [-0.4, -0.2) is 26.4 Å². The van der Waals surface area contributed by atoms with Gasteiger partial charge in [-0.3, -0.25) is 4.72 Å². The van der Waals surface area contributed by atoms with Crippen LogP contribution in [0.5, 0.6) is 0 Å². The summed E-state index contributed by atoms with van der Waals surface area (Å²) in [6, 6.07) is 5.04. The lowest BCUT2D eigenvalue weighted by molar-refractivity contribution is 0.598. The Labute approximate surface area is 127 Å². The average molecular weight is 350 g/mol. The Morgan fingerprint density at radius 3 is 2.29 bits per heavy atom. The molecule has 21 heavy (non-hydrogen) atoms. The van der Waals surface area contributed by atoms with E-state index < -0.39 is 19.1 Å². The topological polar surface area (TPSA) is 98.1 Å². The SMILES string of the molecule is CCn1cnc(S(=O)(=O)Nc2ccc(S(=O)(=O)Cl)cc2)c1. The van der Waals surface area contributed by atoms with E-state index in [9.17, 15) is 16.8 Å². The van der Waals surface area contributed by atoms with E-state index in [0.29, 0.717) is 6.54 Å². The molecule has 2 aromatic rings. The molecule has 10 heteroatoms. The molecule has 114 valence electrons. The van der Waals surface area contributed by atoms with Crippen LogP contribution < -0.4 is 4.72 Å². The van der Waals surface area contributed by atoms with Gasteiger partial charge in [-0.15, -0.1) is 0 Å². The van der Waals surface area contributed by atoms with Gasteiger partial charge in [-0.2, -0.15) is 8.42 Å². The quantitative estimate of drug-likeness (QED) is 0.827. The minimum Gasteiger partial charge on any atom is -0.336 e. The summed E-state index contributed by atoms with van der Waals surface area (Å²) in [6.07, 6.45) is 2.82. The van der Waals surface area contributed by atoms with Crippen LogP contribution in [0, 0.1) is 0 Å². The molecule has 1 aromatic heterocycles. The molecule has 1 aromatic carbocycles. The number of nitrogens with one attached hydrogen (secondary N) is 1. The fourth-order valence-corrected chi connectivity index (χ4v) is 3.33. The Morgan fingerprint density at radius 1 is 1.19 bits per heavy atom. The molecule has 0 atom stereocenters. The standard InChI is InChI=1S/C11H12ClN3O4S2/c1-2-15-7-11(13-8-15)21(18,19)14-9-3-5-10(6-4-9)20(12,16)17/h3-8,14H,2H2,1H3. The molecule has 0 bridgehead atoms. The second kappa shape index (κ2) is 5.66. The van der Waals surface area contributed by atoms with Gasteiger partial charge in [-0.25, -0.2) is 13.4 Å². The number of rotatable bonds is 5. The zero-order chi connectivity index (χ0) is 15.7. The van der Waals surface area contributed by atoms with E-state index in [1.807, 2.05) is 6.92 Å². The molecule has 0 aliphatic heterocycles. The number of anilines is 1. The molecule has 0 unspecified atom stereocenters. The van der Waals surface area contributed by atoms with Crippen LogP contribution in [-0.2, 0) is 25.6 Å². The molecule has 0 radical (unpaired) electrons. The largest absolute Gasteiger partial charge is 0.336 e. The number of hydrogen-bond donors (Lipinski definition) is 1. The third kappa shape index (κ3) is 3.74. The van der Waals surface area contributed by atoms with Crippen molar-refractivity contribution < 1.29 is 16.8 Å². The number of aromatic nitrogens is 2. The highest BCUT2D eigenvalue weighted by atomic mass is 35.7. The second-order valence-electron chi connectivity index (χ2n) is 4.11. The summed E-state index contributed by atoms with van der Waals surface area (Å²) >= 11 is 0.